The van der Waals surface area contributed by atoms with Crippen LogP contribution in [0.5, 0.6) is 0 Å². The first-order chi connectivity index (χ1) is 12.6. The van der Waals surface area contributed by atoms with Gasteiger partial charge in [0.15, 0.2) is 0 Å². The van der Waals surface area contributed by atoms with Gasteiger partial charge >= 0.3 is 29.6 Å². The third kappa shape index (κ3) is 32.2. The quantitative estimate of drug-likeness (QED) is 0.180. The Balaban J connectivity index is -0.000000328. The first-order valence-electron chi connectivity index (χ1n) is 7.24. The number of nitrogens with zero attached hydrogens (tertiary/aromatic N) is 1. The molecule has 0 aromatic heterocycles. The van der Waals surface area contributed by atoms with Gasteiger partial charge in [-0.15, -0.1) is 0 Å². The van der Waals surface area contributed by atoms with Gasteiger partial charge in [-0.3, -0.25) is 22.3 Å². The van der Waals surface area contributed by atoms with Gasteiger partial charge in [0.05, 0.1) is 5.54 Å². The first kappa shape index (κ1) is 31.3. The van der Waals surface area contributed by atoms with E-state index in [9.17, 15) is 17.3 Å². The maximum absolute atomic E-state index is 10.1. The van der Waals surface area contributed by atoms with E-state index in [2.05, 4.69) is 43.1 Å². The van der Waals surface area contributed by atoms with Gasteiger partial charge < -0.3 is 40.2 Å². The van der Waals surface area contributed by atoms with Crippen LogP contribution in [0.3, 0.4) is 0 Å². The summed E-state index contributed by atoms with van der Waals surface area (Å²) in [6, 6.07) is 8.45. The molecule has 0 aliphatic carbocycles. The molecular weight excluding hydrogens is 393 g/mol. The lowest BCUT2D eigenvalue weighted by Gasteiger charge is -2.24. The van der Waals surface area contributed by atoms with Crippen molar-refractivity contribution in [2.45, 2.75) is 25.8 Å². The van der Waals surface area contributed by atoms with Gasteiger partial charge in [-0.05, 0) is 31.4 Å². The fraction of sp³-hybridized carbons (Fsp3) is 0.364. The van der Waals surface area contributed by atoms with Gasteiger partial charge in [-0.25, -0.2) is 0 Å². The van der Waals surface area contributed by atoms with Crippen molar-refractivity contribution in [3.63, 3.8) is 0 Å². The molecule has 0 saturated carbocycles. The average Bonchev–Trinajstić information content (AvgIpc) is 2.43. The van der Waals surface area contributed by atoms with E-state index in [1.165, 1.54) is 11.1 Å². The second-order valence-corrected chi connectivity index (χ2v) is 5.19. The number of benzene rings is 1. The molecule has 8 N–H and O–H groups in total. The maximum Gasteiger partial charge on any atom is 0.674 e. The Hall–Kier alpha value is -1.45. The summed E-state index contributed by atoms with van der Waals surface area (Å²) < 4.78 is 40.4. The van der Waals surface area contributed by atoms with Crippen LogP contribution < -0.4 is 0 Å². The van der Waals surface area contributed by atoms with Crippen molar-refractivity contribution in [2.75, 3.05) is 0 Å². The number of fused-ring (bicyclic) bond motifs is 1. The van der Waals surface area contributed by atoms with Crippen LogP contribution in [-0.4, -0.2) is 81.5 Å². The molecule has 1 aliphatic rings. The SMILES string of the molecule is CC1(C)Cc2ccccc2C=N1.OB(O)F.OB(O)F.OB(O)F.OB(O)F. The van der Waals surface area contributed by atoms with E-state index >= 15 is 0 Å². The standard InChI is InChI=1S/C11H13N.4BFH2O2/c1-11(2)7-9-5-3-4-6-10(9)8-12-11;4*2-1(3)4/h3-6,8H,7H2,1-2H3;4*3-4H. The van der Waals surface area contributed by atoms with E-state index in [0.29, 0.717) is 0 Å². The molecule has 1 aromatic rings. The summed E-state index contributed by atoms with van der Waals surface area (Å²) in [5.74, 6) is 0. The van der Waals surface area contributed by atoms with Crippen molar-refractivity contribution in [1.29, 1.82) is 0 Å². The highest BCUT2D eigenvalue weighted by Gasteiger charge is 2.20. The van der Waals surface area contributed by atoms with Crippen LogP contribution in [0.2, 0.25) is 0 Å². The maximum atomic E-state index is 10.1. The molecule has 28 heavy (non-hydrogen) atoms. The van der Waals surface area contributed by atoms with Crippen LogP contribution in [0.4, 0.5) is 17.3 Å². The third-order valence-corrected chi connectivity index (χ3v) is 2.23. The fourth-order valence-electron chi connectivity index (χ4n) is 1.58. The minimum absolute atomic E-state index is 0.0916. The summed E-state index contributed by atoms with van der Waals surface area (Å²) >= 11 is 0. The molecule has 0 atom stereocenters. The van der Waals surface area contributed by atoms with Crippen LogP contribution in [0.15, 0.2) is 29.3 Å². The summed E-state index contributed by atoms with van der Waals surface area (Å²) in [7, 11) is -10.7. The highest BCUT2D eigenvalue weighted by Crippen LogP contribution is 2.23. The molecule has 1 aromatic carbocycles. The smallest absolute Gasteiger partial charge is 0.398 e. The largest absolute Gasteiger partial charge is 0.674 e. The Kier molecular flexibility index (Phi) is 19.7. The molecule has 1 aliphatic heterocycles. The topological polar surface area (TPSA) is 174 Å². The Morgan fingerprint density at radius 3 is 1.43 bits per heavy atom. The molecule has 17 heteroatoms. The molecule has 0 fully saturated rings. The van der Waals surface area contributed by atoms with Crippen molar-refractivity contribution in [1.82, 2.24) is 0 Å². The zero-order chi connectivity index (χ0) is 22.9. The zero-order valence-corrected chi connectivity index (χ0v) is 14.9. The molecule has 0 radical (unpaired) electrons. The van der Waals surface area contributed by atoms with Gasteiger partial charge in [0, 0.05) is 6.21 Å². The second kappa shape index (κ2) is 17.6. The summed E-state index contributed by atoms with van der Waals surface area (Å²) in [5.41, 5.74) is 2.78. The van der Waals surface area contributed by atoms with Gasteiger partial charge in [0.2, 0.25) is 0 Å². The molecular formula is C11H21B4F4NO8. The van der Waals surface area contributed by atoms with Crippen molar-refractivity contribution < 1.29 is 57.5 Å². The lowest BCUT2D eigenvalue weighted by atomic mass is 9.90. The van der Waals surface area contributed by atoms with Crippen molar-refractivity contribution in [2.24, 2.45) is 4.99 Å². The van der Waals surface area contributed by atoms with Gasteiger partial charge in [0.1, 0.15) is 0 Å². The number of rotatable bonds is 0. The molecule has 0 spiro atoms. The van der Waals surface area contributed by atoms with Crippen LogP contribution in [0.25, 0.3) is 0 Å². The van der Waals surface area contributed by atoms with E-state index in [1.807, 2.05) is 6.21 Å². The predicted molar refractivity (Wildman–Crippen MR) is 97.0 cm³/mol. The number of hydrogen-bond donors (Lipinski definition) is 8. The molecule has 0 bridgehead atoms. The van der Waals surface area contributed by atoms with Crippen molar-refractivity contribution in [3.05, 3.63) is 35.4 Å². The van der Waals surface area contributed by atoms with Crippen molar-refractivity contribution >= 4 is 35.8 Å². The molecule has 0 unspecified atom stereocenters. The van der Waals surface area contributed by atoms with E-state index in [-0.39, 0.29) is 5.54 Å². The van der Waals surface area contributed by atoms with Crippen LogP contribution in [0.1, 0.15) is 25.0 Å². The predicted octanol–water partition coefficient (Wildman–Crippen LogP) is -1.86. The Labute approximate surface area is 160 Å². The summed E-state index contributed by atoms with van der Waals surface area (Å²) in [5, 5.41) is 55.6. The molecule has 9 nitrogen and oxygen atoms in total. The molecule has 1 heterocycles. The van der Waals surface area contributed by atoms with Gasteiger partial charge in [0.25, 0.3) is 0 Å². The number of aliphatic imine (C=N–C) groups is 1. The Morgan fingerprint density at radius 1 is 0.750 bits per heavy atom. The lowest BCUT2D eigenvalue weighted by Crippen LogP contribution is -2.24. The van der Waals surface area contributed by atoms with E-state index in [1.54, 1.807) is 0 Å². The molecule has 0 saturated heterocycles. The minimum Gasteiger partial charge on any atom is -0.398 e. The van der Waals surface area contributed by atoms with Crippen LogP contribution in [0, 0.1) is 0 Å². The summed E-state index contributed by atoms with van der Waals surface area (Å²) in [4.78, 5) is 4.48. The molecule has 0 amide bonds. The monoisotopic (exact) mass is 415 g/mol. The number of hydrogen-bond acceptors (Lipinski definition) is 9. The summed E-state index contributed by atoms with van der Waals surface area (Å²) in [6.07, 6.45) is 3.04. The van der Waals surface area contributed by atoms with Gasteiger partial charge in [-0.2, -0.15) is 0 Å². The summed E-state index contributed by atoms with van der Waals surface area (Å²) in [6.45, 7) is 4.33. The lowest BCUT2D eigenvalue weighted by molar-refractivity contribution is 0.338. The second-order valence-electron chi connectivity index (χ2n) is 5.19. The van der Waals surface area contributed by atoms with E-state index in [4.69, 9.17) is 40.2 Å². The van der Waals surface area contributed by atoms with E-state index < -0.39 is 29.6 Å². The third-order valence-electron chi connectivity index (χ3n) is 2.23. The zero-order valence-electron chi connectivity index (χ0n) is 14.9. The van der Waals surface area contributed by atoms with Crippen LogP contribution in [-0.2, 0) is 6.42 Å². The minimum atomic E-state index is -2.67. The fourth-order valence-corrected chi connectivity index (χ4v) is 1.58. The Morgan fingerprint density at radius 2 is 1.07 bits per heavy atom. The number of halogens is 4. The van der Waals surface area contributed by atoms with Crippen molar-refractivity contribution in [3.8, 4) is 0 Å². The molecule has 158 valence electrons. The first-order valence-corrected chi connectivity index (χ1v) is 7.24. The van der Waals surface area contributed by atoms with Crippen LogP contribution >= 0.6 is 0 Å². The average molecular weight is 415 g/mol. The van der Waals surface area contributed by atoms with Gasteiger partial charge in [-0.1, -0.05) is 24.3 Å². The highest BCUT2D eigenvalue weighted by molar-refractivity contribution is 6.32. The van der Waals surface area contributed by atoms with E-state index in [0.717, 1.165) is 6.42 Å². The highest BCUT2D eigenvalue weighted by atomic mass is 19.1. The molecule has 2 rings (SSSR count). The normalized spacial score (nSPS) is 11.9. The Bertz CT molecular complexity index is 494.